The number of amides is 1. The van der Waals surface area contributed by atoms with E-state index in [-0.39, 0.29) is 50.4 Å². The SMILES string of the molecule is CCN(CC)C(=O)c1ccnc2c(-c3nc4cc(C(F)(F)F)ncc4n3C)c(S(=O)(=O)CC)nn12. The van der Waals surface area contributed by atoms with Crippen molar-refractivity contribution in [3.05, 3.63) is 35.9 Å². The van der Waals surface area contributed by atoms with Gasteiger partial charge in [0.15, 0.2) is 20.5 Å². The van der Waals surface area contributed by atoms with Crippen molar-refractivity contribution in [3.8, 4) is 11.4 Å². The van der Waals surface area contributed by atoms with E-state index in [0.29, 0.717) is 13.1 Å². The molecule has 186 valence electrons. The predicted octanol–water partition coefficient (Wildman–Crippen LogP) is 2.97. The third kappa shape index (κ3) is 4.00. The Morgan fingerprint density at radius 1 is 1.14 bits per heavy atom. The lowest BCUT2D eigenvalue weighted by atomic mass is 10.3. The van der Waals surface area contributed by atoms with E-state index >= 15 is 0 Å². The van der Waals surface area contributed by atoms with Gasteiger partial charge < -0.3 is 9.47 Å². The molecule has 0 N–H and O–H groups in total. The first-order valence-electron chi connectivity index (χ1n) is 10.7. The minimum Gasteiger partial charge on any atom is -0.338 e. The minimum atomic E-state index is -4.67. The second kappa shape index (κ2) is 8.59. The van der Waals surface area contributed by atoms with E-state index in [2.05, 4.69) is 20.1 Å². The second-order valence-electron chi connectivity index (χ2n) is 7.68. The molecule has 0 aliphatic rings. The fourth-order valence-corrected chi connectivity index (χ4v) is 4.75. The number of alkyl halides is 3. The Hall–Kier alpha value is -3.55. The third-order valence-electron chi connectivity index (χ3n) is 5.71. The minimum absolute atomic E-state index is 0.00620. The summed E-state index contributed by atoms with van der Waals surface area (Å²) in [4.78, 5) is 26.7. The molecule has 4 aromatic rings. The van der Waals surface area contributed by atoms with E-state index in [1.54, 1.807) is 4.90 Å². The lowest BCUT2D eigenvalue weighted by molar-refractivity contribution is -0.141. The van der Waals surface area contributed by atoms with Gasteiger partial charge in [-0.25, -0.2) is 27.9 Å². The van der Waals surface area contributed by atoms with Crippen molar-refractivity contribution in [3.63, 3.8) is 0 Å². The molecule has 0 bridgehead atoms. The van der Waals surface area contributed by atoms with Crippen LogP contribution in [0.5, 0.6) is 0 Å². The first-order valence-corrected chi connectivity index (χ1v) is 12.4. The van der Waals surface area contributed by atoms with Crippen molar-refractivity contribution in [1.29, 1.82) is 0 Å². The summed E-state index contributed by atoms with van der Waals surface area (Å²) < 4.78 is 68.1. The number of rotatable bonds is 6. The number of aromatic nitrogens is 6. The quantitative estimate of drug-likeness (QED) is 0.392. The van der Waals surface area contributed by atoms with Crippen molar-refractivity contribution in [1.82, 2.24) is 34.0 Å². The molecule has 4 rings (SSSR count). The van der Waals surface area contributed by atoms with Gasteiger partial charge in [0.05, 0.1) is 23.0 Å². The van der Waals surface area contributed by atoms with E-state index in [1.165, 1.54) is 30.8 Å². The number of carbonyl (C=O) groups is 1. The molecule has 0 fully saturated rings. The molecule has 0 atom stereocenters. The summed E-state index contributed by atoms with van der Waals surface area (Å²) in [5, 5.41) is 3.88. The van der Waals surface area contributed by atoms with Crippen molar-refractivity contribution in [2.24, 2.45) is 7.05 Å². The Bertz CT molecular complexity index is 1550. The molecule has 1 amide bonds. The van der Waals surface area contributed by atoms with E-state index < -0.39 is 21.7 Å². The molecule has 0 aliphatic heterocycles. The summed E-state index contributed by atoms with van der Waals surface area (Å²) in [6, 6.07) is 2.22. The van der Waals surface area contributed by atoms with Gasteiger partial charge in [0, 0.05) is 26.3 Å². The molecule has 0 aliphatic carbocycles. The van der Waals surface area contributed by atoms with E-state index in [0.717, 1.165) is 16.8 Å². The Morgan fingerprint density at radius 3 is 2.43 bits per heavy atom. The smallest absolute Gasteiger partial charge is 0.338 e. The standard InChI is InChI=1S/C21H22F3N7O3S/c1-5-30(6-2)20(32)13-8-9-25-17-16(19(28-31(13)17)35(33,34)7-3)18-27-12-10-15(21(22,23)24)26-11-14(12)29(18)4/h8-11H,5-7H2,1-4H3. The highest BCUT2D eigenvalue weighted by molar-refractivity contribution is 7.91. The molecule has 35 heavy (non-hydrogen) atoms. The lowest BCUT2D eigenvalue weighted by Crippen LogP contribution is -2.32. The van der Waals surface area contributed by atoms with Crippen molar-refractivity contribution in [2.75, 3.05) is 18.8 Å². The molecule has 0 spiro atoms. The van der Waals surface area contributed by atoms with Crippen LogP contribution >= 0.6 is 0 Å². The number of imidazole rings is 1. The largest absolute Gasteiger partial charge is 0.433 e. The molecule has 0 aromatic carbocycles. The van der Waals surface area contributed by atoms with Gasteiger partial charge in [-0.2, -0.15) is 18.3 Å². The maximum absolute atomic E-state index is 13.2. The summed E-state index contributed by atoms with van der Waals surface area (Å²) in [6.07, 6.45) is -2.29. The van der Waals surface area contributed by atoms with Crippen LogP contribution in [0.4, 0.5) is 13.2 Å². The summed E-state index contributed by atoms with van der Waals surface area (Å²) >= 11 is 0. The van der Waals surface area contributed by atoms with E-state index in [9.17, 15) is 26.4 Å². The lowest BCUT2D eigenvalue weighted by Gasteiger charge is -2.18. The topological polar surface area (TPSA) is 115 Å². The monoisotopic (exact) mass is 509 g/mol. The van der Waals surface area contributed by atoms with E-state index in [4.69, 9.17) is 0 Å². The van der Waals surface area contributed by atoms with Crippen molar-refractivity contribution < 1.29 is 26.4 Å². The molecular weight excluding hydrogens is 487 g/mol. The molecule has 0 unspecified atom stereocenters. The zero-order valence-corrected chi connectivity index (χ0v) is 20.1. The van der Waals surface area contributed by atoms with E-state index in [1.807, 2.05) is 13.8 Å². The van der Waals surface area contributed by atoms with Crippen LogP contribution in [0.15, 0.2) is 29.6 Å². The molecule has 0 saturated heterocycles. The summed E-state index contributed by atoms with van der Waals surface area (Å²) in [7, 11) is -2.42. The van der Waals surface area contributed by atoms with Gasteiger partial charge in [0.2, 0.25) is 0 Å². The predicted molar refractivity (Wildman–Crippen MR) is 120 cm³/mol. The first-order chi connectivity index (χ1) is 16.4. The van der Waals surface area contributed by atoms with Crippen LogP contribution in [-0.2, 0) is 23.1 Å². The van der Waals surface area contributed by atoms with Crippen LogP contribution in [0.3, 0.4) is 0 Å². The molecule has 14 heteroatoms. The number of hydrogen-bond donors (Lipinski definition) is 0. The van der Waals surface area contributed by atoms with Crippen LogP contribution < -0.4 is 0 Å². The zero-order chi connectivity index (χ0) is 25.7. The Kier molecular flexibility index (Phi) is 6.03. The second-order valence-corrected chi connectivity index (χ2v) is 9.87. The Balaban J connectivity index is 2.06. The number of fused-ring (bicyclic) bond motifs is 2. The summed E-state index contributed by atoms with van der Waals surface area (Å²) in [5.74, 6) is -0.642. The number of halogens is 3. The fraction of sp³-hybridized carbons (Fsp3) is 0.381. The van der Waals surface area contributed by atoms with Gasteiger partial charge >= 0.3 is 6.18 Å². The van der Waals surface area contributed by atoms with Gasteiger partial charge in [-0.1, -0.05) is 6.92 Å². The highest BCUT2D eigenvalue weighted by atomic mass is 32.2. The fourth-order valence-electron chi connectivity index (χ4n) is 3.78. The van der Waals surface area contributed by atoms with Crippen molar-refractivity contribution in [2.45, 2.75) is 32.0 Å². The van der Waals surface area contributed by atoms with Crippen LogP contribution in [-0.4, -0.2) is 67.2 Å². The molecule has 0 radical (unpaired) electrons. The number of pyridine rings is 1. The zero-order valence-electron chi connectivity index (χ0n) is 19.3. The number of carbonyl (C=O) groups excluding carboxylic acids is 1. The number of hydrogen-bond acceptors (Lipinski definition) is 7. The number of aryl methyl sites for hydroxylation is 1. The molecule has 4 aromatic heterocycles. The molecular formula is C21H22F3N7O3S. The van der Waals surface area contributed by atoms with Crippen LogP contribution in [0.1, 0.15) is 37.0 Å². The molecule has 0 saturated carbocycles. The third-order valence-corrected chi connectivity index (χ3v) is 7.35. The molecule has 10 nitrogen and oxygen atoms in total. The summed E-state index contributed by atoms with van der Waals surface area (Å²) in [6.45, 7) is 5.90. The van der Waals surface area contributed by atoms with Gasteiger partial charge in [-0.15, -0.1) is 0 Å². The van der Waals surface area contributed by atoms with Gasteiger partial charge in [-0.3, -0.25) is 4.79 Å². The average molecular weight is 510 g/mol. The van der Waals surface area contributed by atoms with Gasteiger partial charge in [-0.05, 0) is 26.0 Å². The normalized spacial score (nSPS) is 12.5. The van der Waals surface area contributed by atoms with Gasteiger partial charge in [0.25, 0.3) is 5.91 Å². The summed E-state index contributed by atoms with van der Waals surface area (Å²) in [5.41, 5.74) is -0.772. The van der Waals surface area contributed by atoms with Crippen LogP contribution in [0.2, 0.25) is 0 Å². The first kappa shape index (κ1) is 24.6. The maximum atomic E-state index is 13.2. The molecule has 4 heterocycles. The van der Waals surface area contributed by atoms with Gasteiger partial charge in [0.1, 0.15) is 22.8 Å². The Labute approximate surface area is 198 Å². The highest BCUT2D eigenvalue weighted by Gasteiger charge is 2.34. The number of sulfone groups is 1. The van der Waals surface area contributed by atoms with Crippen molar-refractivity contribution >= 4 is 32.4 Å². The number of nitrogens with zero attached hydrogens (tertiary/aromatic N) is 7. The van der Waals surface area contributed by atoms with Crippen LogP contribution in [0.25, 0.3) is 28.1 Å². The average Bonchev–Trinajstić information content (AvgIpc) is 3.37. The highest BCUT2D eigenvalue weighted by Crippen LogP contribution is 2.35. The maximum Gasteiger partial charge on any atom is 0.433 e. The Morgan fingerprint density at radius 2 is 1.83 bits per heavy atom. The van der Waals surface area contributed by atoms with Crippen LogP contribution in [0, 0.1) is 0 Å².